The van der Waals surface area contributed by atoms with Crippen molar-refractivity contribution in [2.45, 2.75) is 0 Å². The van der Waals surface area contributed by atoms with E-state index in [4.69, 9.17) is 60.6 Å². The highest BCUT2D eigenvalue weighted by Crippen LogP contribution is 2.36. The van der Waals surface area contributed by atoms with E-state index in [1.165, 1.54) is 38.5 Å². The first-order valence-corrected chi connectivity index (χ1v) is 8.81. The molecule has 27 heavy (non-hydrogen) atoms. The SMILES string of the molecule is COc1cc(C(=O)OCC(=O)Nc2cc(Cl)c(Cl)cc2Cl)cc(Cl)c1OC. The van der Waals surface area contributed by atoms with Crippen molar-refractivity contribution in [3.63, 3.8) is 0 Å². The van der Waals surface area contributed by atoms with Crippen molar-refractivity contribution in [1.29, 1.82) is 0 Å². The number of hydrogen-bond donors (Lipinski definition) is 1. The first kappa shape index (κ1) is 21.4. The number of halogens is 4. The van der Waals surface area contributed by atoms with Gasteiger partial charge in [0.25, 0.3) is 5.91 Å². The first-order valence-electron chi connectivity index (χ1n) is 7.29. The molecule has 0 spiro atoms. The molecule has 0 unspecified atom stereocenters. The van der Waals surface area contributed by atoms with Gasteiger partial charge in [0.15, 0.2) is 18.1 Å². The number of esters is 1. The summed E-state index contributed by atoms with van der Waals surface area (Å²) in [5, 5.41) is 3.29. The summed E-state index contributed by atoms with van der Waals surface area (Å²) in [6.45, 7) is -0.554. The van der Waals surface area contributed by atoms with Gasteiger partial charge in [0.05, 0.1) is 45.6 Å². The molecule has 2 aromatic carbocycles. The van der Waals surface area contributed by atoms with Gasteiger partial charge in [-0.05, 0) is 24.3 Å². The van der Waals surface area contributed by atoms with Gasteiger partial charge >= 0.3 is 5.97 Å². The molecule has 1 amide bonds. The van der Waals surface area contributed by atoms with E-state index in [1.54, 1.807) is 0 Å². The molecular weight excluding hydrogens is 440 g/mol. The summed E-state index contributed by atoms with van der Waals surface area (Å²) in [6, 6.07) is 5.51. The number of amides is 1. The van der Waals surface area contributed by atoms with Gasteiger partial charge in [-0.1, -0.05) is 46.4 Å². The number of methoxy groups -OCH3 is 2. The van der Waals surface area contributed by atoms with Gasteiger partial charge in [0, 0.05) is 0 Å². The van der Waals surface area contributed by atoms with E-state index < -0.39 is 18.5 Å². The van der Waals surface area contributed by atoms with E-state index in [-0.39, 0.29) is 42.8 Å². The highest BCUT2D eigenvalue weighted by Gasteiger charge is 2.17. The zero-order chi connectivity index (χ0) is 20.1. The number of anilines is 1. The number of nitrogens with one attached hydrogen (secondary N) is 1. The summed E-state index contributed by atoms with van der Waals surface area (Å²) in [5.74, 6) is -0.852. The maximum atomic E-state index is 12.2. The lowest BCUT2D eigenvalue weighted by atomic mass is 10.2. The van der Waals surface area contributed by atoms with Crippen LogP contribution < -0.4 is 14.8 Å². The third-order valence-corrected chi connectivity index (χ3v) is 4.60. The van der Waals surface area contributed by atoms with Crippen LogP contribution in [0.5, 0.6) is 11.5 Å². The average Bonchev–Trinajstić information content (AvgIpc) is 2.63. The van der Waals surface area contributed by atoms with Crippen LogP contribution in [0.4, 0.5) is 5.69 Å². The molecule has 0 fully saturated rings. The summed E-state index contributed by atoms with van der Waals surface area (Å²) < 4.78 is 15.2. The van der Waals surface area contributed by atoms with Crippen LogP contribution in [0.2, 0.25) is 20.1 Å². The third kappa shape index (κ3) is 5.32. The molecule has 0 atom stereocenters. The second-order valence-corrected chi connectivity index (χ2v) is 6.69. The lowest BCUT2D eigenvalue weighted by molar-refractivity contribution is -0.119. The number of benzene rings is 2. The quantitative estimate of drug-likeness (QED) is 0.486. The van der Waals surface area contributed by atoms with Crippen LogP contribution in [0.25, 0.3) is 0 Å². The van der Waals surface area contributed by atoms with Gasteiger partial charge in [-0.25, -0.2) is 4.79 Å². The van der Waals surface area contributed by atoms with Crippen molar-refractivity contribution < 1.29 is 23.8 Å². The van der Waals surface area contributed by atoms with Crippen molar-refractivity contribution in [3.8, 4) is 11.5 Å². The zero-order valence-corrected chi connectivity index (χ0v) is 17.1. The summed E-state index contributed by atoms with van der Waals surface area (Å²) in [4.78, 5) is 24.2. The smallest absolute Gasteiger partial charge is 0.338 e. The Morgan fingerprint density at radius 3 is 2.19 bits per heavy atom. The van der Waals surface area contributed by atoms with Gasteiger partial charge in [-0.15, -0.1) is 0 Å². The fourth-order valence-electron chi connectivity index (χ4n) is 2.05. The van der Waals surface area contributed by atoms with Crippen LogP contribution in [-0.2, 0) is 9.53 Å². The van der Waals surface area contributed by atoms with Crippen LogP contribution in [-0.4, -0.2) is 32.7 Å². The van der Waals surface area contributed by atoms with Crippen molar-refractivity contribution in [3.05, 3.63) is 49.9 Å². The molecule has 0 aliphatic heterocycles. The molecular formula is C17H13Cl4NO5. The van der Waals surface area contributed by atoms with E-state index in [1.807, 2.05) is 0 Å². The van der Waals surface area contributed by atoms with Crippen molar-refractivity contribution in [2.24, 2.45) is 0 Å². The molecule has 0 radical (unpaired) electrons. The molecule has 6 nitrogen and oxygen atoms in total. The number of rotatable bonds is 6. The molecule has 0 saturated carbocycles. The van der Waals surface area contributed by atoms with E-state index >= 15 is 0 Å². The van der Waals surface area contributed by atoms with Gasteiger partial charge in [-0.2, -0.15) is 0 Å². The number of carbonyl (C=O) groups is 2. The predicted octanol–water partition coefficient (Wildman–Crippen LogP) is 5.11. The maximum Gasteiger partial charge on any atom is 0.338 e. The summed E-state index contributed by atoms with van der Waals surface area (Å²) in [6.07, 6.45) is 0. The minimum absolute atomic E-state index is 0.0954. The number of hydrogen-bond acceptors (Lipinski definition) is 5. The minimum Gasteiger partial charge on any atom is -0.493 e. The lowest BCUT2D eigenvalue weighted by Crippen LogP contribution is -2.21. The lowest BCUT2D eigenvalue weighted by Gasteiger charge is -2.12. The topological polar surface area (TPSA) is 73.9 Å². The highest BCUT2D eigenvalue weighted by molar-refractivity contribution is 6.44. The van der Waals surface area contributed by atoms with Crippen LogP contribution in [0, 0.1) is 0 Å². The van der Waals surface area contributed by atoms with Crippen molar-refractivity contribution in [2.75, 3.05) is 26.1 Å². The van der Waals surface area contributed by atoms with Crippen LogP contribution >= 0.6 is 46.4 Å². The van der Waals surface area contributed by atoms with Crippen LogP contribution in [0.3, 0.4) is 0 Å². The molecule has 1 N–H and O–H groups in total. The number of carbonyl (C=O) groups excluding carboxylic acids is 2. The van der Waals surface area contributed by atoms with E-state index in [2.05, 4.69) is 5.32 Å². The highest BCUT2D eigenvalue weighted by atomic mass is 35.5. The van der Waals surface area contributed by atoms with Crippen LogP contribution in [0.15, 0.2) is 24.3 Å². The molecule has 0 bridgehead atoms. The number of ether oxygens (including phenoxy) is 3. The van der Waals surface area contributed by atoms with E-state index in [0.29, 0.717) is 0 Å². The Labute approximate surface area is 175 Å². The Balaban J connectivity index is 2.04. The summed E-state index contributed by atoms with van der Waals surface area (Å²) in [7, 11) is 2.82. The largest absolute Gasteiger partial charge is 0.493 e. The molecule has 0 aliphatic carbocycles. The molecule has 0 saturated heterocycles. The average molecular weight is 453 g/mol. The third-order valence-electron chi connectivity index (χ3n) is 3.29. The molecule has 2 rings (SSSR count). The maximum absolute atomic E-state index is 12.2. The van der Waals surface area contributed by atoms with E-state index in [0.717, 1.165) is 0 Å². The fraction of sp³-hybridized carbons (Fsp3) is 0.176. The Kier molecular flexibility index (Phi) is 7.44. The Morgan fingerprint density at radius 2 is 1.56 bits per heavy atom. The van der Waals surface area contributed by atoms with Gasteiger partial charge in [0.1, 0.15) is 0 Å². The fourth-order valence-corrected chi connectivity index (χ4v) is 2.94. The second kappa shape index (κ2) is 9.37. The summed E-state index contributed by atoms with van der Waals surface area (Å²) >= 11 is 23.7. The predicted molar refractivity (Wildman–Crippen MR) is 105 cm³/mol. The summed E-state index contributed by atoms with van der Waals surface area (Å²) in [5.41, 5.74) is 0.333. The van der Waals surface area contributed by atoms with Gasteiger partial charge in [-0.3, -0.25) is 4.79 Å². The minimum atomic E-state index is -0.770. The van der Waals surface area contributed by atoms with Crippen molar-refractivity contribution >= 4 is 64.0 Å². The van der Waals surface area contributed by atoms with Crippen molar-refractivity contribution in [1.82, 2.24) is 0 Å². The second-order valence-electron chi connectivity index (χ2n) is 5.06. The Morgan fingerprint density at radius 1 is 0.889 bits per heavy atom. The molecule has 10 heteroatoms. The standard InChI is InChI=1S/C17H13Cl4NO5/c1-25-14-4-8(3-12(21)16(14)26-2)17(24)27-7-15(23)22-13-6-10(19)9(18)5-11(13)20/h3-6H,7H2,1-2H3,(H,22,23). The molecule has 2 aromatic rings. The first-order chi connectivity index (χ1) is 12.8. The molecule has 0 aliphatic rings. The molecule has 144 valence electrons. The van der Waals surface area contributed by atoms with E-state index in [9.17, 15) is 9.59 Å². The van der Waals surface area contributed by atoms with Gasteiger partial charge in [0.2, 0.25) is 0 Å². The van der Waals surface area contributed by atoms with Gasteiger partial charge < -0.3 is 19.5 Å². The monoisotopic (exact) mass is 451 g/mol. The Hall–Kier alpha value is -1.86. The molecule has 0 heterocycles. The molecule has 0 aromatic heterocycles. The normalized spacial score (nSPS) is 10.3. The zero-order valence-electron chi connectivity index (χ0n) is 14.1. The van der Waals surface area contributed by atoms with Crippen LogP contribution in [0.1, 0.15) is 10.4 Å². The Bertz CT molecular complexity index is 888.